The number of carbonyl (C=O) groups excluding carboxylic acids is 1. The molecule has 0 aliphatic heterocycles. The summed E-state index contributed by atoms with van der Waals surface area (Å²) in [4.78, 5) is 27.5. The lowest BCUT2D eigenvalue weighted by Crippen LogP contribution is -2.32. The van der Waals surface area contributed by atoms with Crippen LogP contribution in [0.25, 0.3) is 0 Å². The maximum atomic E-state index is 12.3. The molecule has 2 heterocycles. The molecule has 3 rings (SSSR count). The van der Waals surface area contributed by atoms with Crippen molar-refractivity contribution in [3.63, 3.8) is 0 Å². The molecule has 1 N–H and O–H groups in total. The van der Waals surface area contributed by atoms with Crippen LogP contribution >= 0.6 is 15.9 Å². The quantitative estimate of drug-likeness (QED) is 0.870. The van der Waals surface area contributed by atoms with E-state index < -0.39 is 0 Å². The summed E-state index contributed by atoms with van der Waals surface area (Å²) in [5.41, 5.74) is 2.31. The lowest BCUT2D eigenvalue weighted by molar-refractivity contribution is -0.114. The number of nitrogens with one attached hydrogen (secondary N) is 1. The largest absolute Gasteiger partial charge is 0.350 e. The van der Waals surface area contributed by atoms with Crippen molar-refractivity contribution in [2.45, 2.75) is 32.6 Å². The average molecular weight is 390 g/mol. The molecule has 2 aromatic heterocycles. The maximum Gasteiger partial charge on any atom is 0.245 e. The third-order valence-corrected chi connectivity index (χ3v) is 4.48. The van der Waals surface area contributed by atoms with Crippen molar-refractivity contribution in [2.75, 3.05) is 23.8 Å². The number of anilines is 2. The first-order valence-electron chi connectivity index (χ1n) is 8.02. The molecule has 24 heavy (non-hydrogen) atoms. The molecule has 7 heteroatoms. The van der Waals surface area contributed by atoms with Gasteiger partial charge in [0.2, 0.25) is 5.91 Å². The fourth-order valence-electron chi connectivity index (χ4n) is 2.93. The Hall–Kier alpha value is -2.02. The second-order valence-electron chi connectivity index (χ2n) is 5.99. The number of fused-ring (bicyclic) bond motifs is 1. The predicted molar refractivity (Wildman–Crippen MR) is 97.2 cm³/mol. The van der Waals surface area contributed by atoms with E-state index in [1.807, 2.05) is 24.9 Å². The van der Waals surface area contributed by atoms with Crippen molar-refractivity contribution in [1.82, 2.24) is 15.0 Å². The van der Waals surface area contributed by atoms with Crippen molar-refractivity contribution < 1.29 is 4.79 Å². The summed E-state index contributed by atoms with van der Waals surface area (Å²) in [5.74, 6) is 2.05. The molecule has 0 spiro atoms. The van der Waals surface area contributed by atoms with Gasteiger partial charge < -0.3 is 10.2 Å². The average Bonchev–Trinajstić information content (AvgIpc) is 2.56. The summed E-state index contributed by atoms with van der Waals surface area (Å²) >= 11 is 3.33. The van der Waals surface area contributed by atoms with E-state index in [4.69, 9.17) is 0 Å². The monoisotopic (exact) mass is 389 g/mol. The van der Waals surface area contributed by atoms with Crippen molar-refractivity contribution in [3.05, 3.63) is 39.9 Å². The summed E-state index contributed by atoms with van der Waals surface area (Å²) in [6.07, 6.45) is 5.95. The Morgan fingerprint density at radius 1 is 1.29 bits per heavy atom. The zero-order chi connectivity index (χ0) is 17.1. The van der Waals surface area contributed by atoms with Crippen LogP contribution in [0.2, 0.25) is 0 Å². The molecule has 0 atom stereocenters. The lowest BCUT2D eigenvalue weighted by Gasteiger charge is -2.25. The van der Waals surface area contributed by atoms with Crippen LogP contribution < -0.4 is 10.2 Å². The molecular formula is C17H20BrN5O. The summed E-state index contributed by atoms with van der Waals surface area (Å²) in [5, 5.41) is 2.81. The standard InChI is InChI=1S/C17H20BrN5O/c1-11-20-14-6-4-3-5-13(14)17(21-11)23(2)10-16(24)22-15-8-7-12(18)9-19-15/h7-9H,3-6,10H2,1-2H3,(H,19,22,24). The SMILES string of the molecule is Cc1nc2c(c(N(C)CC(=O)Nc3ccc(Br)cn3)n1)CCCC2. The molecule has 1 amide bonds. The van der Waals surface area contributed by atoms with Gasteiger partial charge >= 0.3 is 0 Å². The van der Waals surface area contributed by atoms with Gasteiger partial charge in [0.25, 0.3) is 0 Å². The van der Waals surface area contributed by atoms with Gasteiger partial charge in [-0.1, -0.05) is 0 Å². The fourth-order valence-corrected chi connectivity index (χ4v) is 3.17. The van der Waals surface area contributed by atoms with Crippen LogP contribution in [-0.4, -0.2) is 34.5 Å². The Bertz CT molecular complexity index is 747. The molecular weight excluding hydrogens is 370 g/mol. The minimum absolute atomic E-state index is 0.117. The second kappa shape index (κ2) is 7.25. The van der Waals surface area contributed by atoms with Gasteiger partial charge in [0, 0.05) is 29.0 Å². The summed E-state index contributed by atoms with van der Waals surface area (Å²) in [7, 11) is 1.89. The number of rotatable bonds is 4. The molecule has 1 aliphatic rings. The number of carbonyl (C=O) groups is 1. The number of aryl methyl sites for hydroxylation is 2. The number of likely N-dealkylation sites (N-methyl/N-ethyl adjacent to an activating group) is 1. The number of halogens is 1. The third kappa shape index (κ3) is 3.90. The highest BCUT2D eigenvalue weighted by molar-refractivity contribution is 9.10. The van der Waals surface area contributed by atoms with Crippen LogP contribution in [0, 0.1) is 6.92 Å². The van der Waals surface area contributed by atoms with Gasteiger partial charge in [-0.3, -0.25) is 4.79 Å². The molecule has 0 bridgehead atoms. The molecule has 6 nitrogen and oxygen atoms in total. The molecule has 0 aromatic carbocycles. The number of aromatic nitrogens is 3. The number of pyridine rings is 1. The van der Waals surface area contributed by atoms with Crippen molar-refractivity contribution in [3.8, 4) is 0 Å². The molecule has 0 saturated heterocycles. The number of hydrogen-bond donors (Lipinski definition) is 1. The topological polar surface area (TPSA) is 71.0 Å². The second-order valence-corrected chi connectivity index (χ2v) is 6.91. The fraction of sp³-hybridized carbons (Fsp3) is 0.412. The highest BCUT2D eigenvalue weighted by Gasteiger charge is 2.20. The van der Waals surface area contributed by atoms with Crippen molar-refractivity contribution in [2.24, 2.45) is 0 Å². The van der Waals surface area contributed by atoms with E-state index in [1.165, 1.54) is 12.0 Å². The van der Waals surface area contributed by atoms with Crippen LogP contribution in [0.15, 0.2) is 22.8 Å². The molecule has 0 saturated carbocycles. The summed E-state index contributed by atoms with van der Waals surface area (Å²) in [6, 6.07) is 3.61. The molecule has 0 radical (unpaired) electrons. The van der Waals surface area contributed by atoms with E-state index >= 15 is 0 Å². The lowest BCUT2D eigenvalue weighted by atomic mass is 9.96. The van der Waals surface area contributed by atoms with Crippen LogP contribution in [0.4, 0.5) is 11.6 Å². The van der Waals surface area contributed by atoms with E-state index in [0.717, 1.165) is 41.1 Å². The first-order chi connectivity index (χ1) is 11.5. The van der Waals surface area contributed by atoms with E-state index in [1.54, 1.807) is 12.3 Å². The Balaban J connectivity index is 1.72. The van der Waals surface area contributed by atoms with Crippen LogP contribution in [0.5, 0.6) is 0 Å². The first-order valence-corrected chi connectivity index (χ1v) is 8.81. The first kappa shape index (κ1) is 16.8. The normalized spacial score (nSPS) is 13.3. The molecule has 0 fully saturated rings. The van der Waals surface area contributed by atoms with Gasteiger partial charge in [0.05, 0.1) is 6.54 Å². The van der Waals surface area contributed by atoms with Gasteiger partial charge in [0.1, 0.15) is 17.5 Å². The van der Waals surface area contributed by atoms with E-state index in [2.05, 4.69) is 36.2 Å². The van der Waals surface area contributed by atoms with Crippen LogP contribution in [0.1, 0.15) is 29.9 Å². The summed E-state index contributed by atoms with van der Waals surface area (Å²) < 4.78 is 0.876. The highest BCUT2D eigenvalue weighted by Crippen LogP contribution is 2.27. The molecule has 126 valence electrons. The summed E-state index contributed by atoms with van der Waals surface area (Å²) in [6.45, 7) is 2.12. The van der Waals surface area contributed by atoms with Gasteiger partial charge in [-0.05, 0) is 60.7 Å². The minimum atomic E-state index is -0.117. The molecule has 0 unspecified atom stereocenters. The molecule has 1 aliphatic carbocycles. The van der Waals surface area contributed by atoms with Crippen molar-refractivity contribution in [1.29, 1.82) is 0 Å². The van der Waals surface area contributed by atoms with Gasteiger partial charge in [-0.25, -0.2) is 15.0 Å². The van der Waals surface area contributed by atoms with Gasteiger partial charge in [-0.15, -0.1) is 0 Å². The number of nitrogens with zero attached hydrogens (tertiary/aromatic N) is 4. The predicted octanol–water partition coefficient (Wildman–Crippen LogP) is 2.90. The smallest absolute Gasteiger partial charge is 0.245 e. The van der Waals surface area contributed by atoms with Crippen molar-refractivity contribution >= 4 is 33.5 Å². The number of hydrogen-bond acceptors (Lipinski definition) is 5. The third-order valence-electron chi connectivity index (χ3n) is 4.01. The van der Waals surface area contributed by atoms with Crippen LogP contribution in [0.3, 0.4) is 0 Å². The molecule has 2 aromatic rings. The van der Waals surface area contributed by atoms with Gasteiger partial charge in [-0.2, -0.15) is 0 Å². The zero-order valence-corrected chi connectivity index (χ0v) is 15.4. The van der Waals surface area contributed by atoms with E-state index in [9.17, 15) is 4.79 Å². The van der Waals surface area contributed by atoms with E-state index in [0.29, 0.717) is 5.82 Å². The van der Waals surface area contributed by atoms with E-state index in [-0.39, 0.29) is 12.5 Å². The van der Waals surface area contributed by atoms with Gasteiger partial charge in [0.15, 0.2) is 0 Å². The Morgan fingerprint density at radius 2 is 2.08 bits per heavy atom. The Labute approximate surface area is 149 Å². The highest BCUT2D eigenvalue weighted by atomic mass is 79.9. The zero-order valence-electron chi connectivity index (χ0n) is 13.8. The number of amides is 1. The maximum absolute atomic E-state index is 12.3. The Morgan fingerprint density at radius 3 is 2.83 bits per heavy atom. The Kier molecular flexibility index (Phi) is 5.08. The minimum Gasteiger partial charge on any atom is -0.350 e. The van der Waals surface area contributed by atoms with Crippen LogP contribution in [-0.2, 0) is 17.6 Å².